The number of rotatable bonds is 3. The molecule has 0 atom stereocenters. The van der Waals surface area contributed by atoms with E-state index in [1.165, 1.54) is 18.5 Å². The molecule has 0 radical (unpaired) electrons. The van der Waals surface area contributed by atoms with Crippen molar-refractivity contribution in [1.82, 2.24) is 10.2 Å². The molecular weight excluding hydrogens is 320 g/mol. The summed E-state index contributed by atoms with van der Waals surface area (Å²) in [6.45, 7) is 1.66. The van der Waals surface area contributed by atoms with Crippen LogP contribution in [0.3, 0.4) is 0 Å². The Morgan fingerprint density at radius 2 is 2.17 bits per heavy atom. The minimum atomic E-state index is -3.68. The highest BCUT2D eigenvalue weighted by molar-refractivity contribution is 9.10. The average Bonchev–Trinajstić information content (AvgIpc) is 2.75. The number of hydrogen-bond donors (Lipinski definition) is 3. The second-order valence-electron chi connectivity index (χ2n) is 3.71. The van der Waals surface area contributed by atoms with E-state index in [0.717, 1.165) is 0 Å². The first-order chi connectivity index (χ1) is 8.40. The average molecular weight is 331 g/mol. The number of halogens is 1. The summed E-state index contributed by atoms with van der Waals surface area (Å²) < 4.78 is 27.4. The number of aromatic nitrogens is 2. The monoisotopic (exact) mass is 330 g/mol. The molecule has 0 fully saturated rings. The molecule has 1 aromatic carbocycles. The fourth-order valence-corrected chi connectivity index (χ4v) is 3.43. The molecule has 1 heterocycles. The van der Waals surface area contributed by atoms with E-state index in [-0.39, 0.29) is 4.90 Å². The number of sulfonamides is 1. The maximum absolute atomic E-state index is 12.2. The number of benzene rings is 1. The van der Waals surface area contributed by atoms with Gasteiger partial charge in [-0.05, 0) is 24.6 Å². The lowest BCUT2D eigenvalue weighted by Crippen LogP contribution is -2.14. The van der Waals surface area contributed by atoms with E-state index in [4.69, 9.17) is 5.73 Å². The Labute approximate surface area is 113 Å². The molecule has 0 amide bonds. The molecule has 8 heteroatoms. The fourth-order valence-electron chi connectivity index (χ4n) is 1.47. The van der Waals surface area contributed by atoms with Crippen molar-refractivity contribution < 1.29 is 8.42 Å². The van der Waals surface area contributed by atoms with Gasteiger partial charge >= 0.3 is 0 Å². The molecular formula is C10H11BrN4O2S. The molecule has 1 aromatic heterocycles. The van der Waals surface area contributed by atoms with Crippen LogP contribution in [-0.2, 0) is 10.0 Å². The number of nitrogens with two attached hydrogens (primary N) is 1. The van der Waals surface area contributed by atoms with Crippen LogP contribution in [0.25, 0.3) is 0 Å². The van der Waals surface area contributed by atoms with E-state index in [2.05, 4.69) is 30.8 Å². The molecule has 0 spiro atoms. The first-order valence-electron chi connectivity index (χ1n) is 4.97. The smallest absolute Gasteiger partial charge is 0.262 e. The van der Waals surface area contributed by atoms with Crippen LogP contribution in [0.4, 0.5) is 11.4 Å². The van der Waals surface area contributed by atoms with Crippen LogP contribution < -0.4 is 10.5 Å². The van der Waals surface area contributed by atoms with Crippen molar-refractivity contribution in [2.75, 3.05) is 10.5 Å². The van der Waals surface area contributed by atoms with Crippen molar-refractivity contribution in [3.05, 3.63) is 34.6 Å². The summed E-state index contributed by atoms with van der Waals surface area (Å²) >= 11 is 3.23. The first kappa shape index (κ1) is 12.9. The van der Waals surface area contributed by atoms with Crippen LogP contribution in [-0.4, -0.2) is 18.6 Å². The Kier molecular flexibility index (Phi) is 3.31. The van der Waals surface area contributed by atoms with Crippen LogP contribution in [0.5, 0.6) is 0 Å². The predicted octanol–water partition coefficient (Wildman–Crippen LogP) is 1.86. The molecule has 0 saturated carbocycles. The highest BCUT2D eigenvalue weighted by Gasteiger charge is 2.19. The molecule has 0 saturated heterocycles. The SMILES string of the molecule is Cc1c(N)cc(Br)cc1S(=O)(=O)Nc1cn[nH]c1. The van der Waals surface area contributed by atoms with Crippen molar-refractivity contribution in [3.8, 4) is 0 Å². The third kappa shape index (κ3) is 2.49. The normalized spacial score (nSPS) is 11.4. The fraction of sp³-hybridized carbons (Fsp3) is 0.100. The molecule has 18 heavy (non-hydrogen) atoms. The first-order valence-corrected chi connectivity index (χ1v) is 7.25. The van der Waals surface area contributed by atoms with Gasteiger partial charge in [0.05, 0.1) is 16.8 Å². The summed E-state index contributed by atoms with van der Waals surface area (Å²) in [6.07, 6.45) is 2.84. The predicted molar refractivity (Wildman–Crippen MR) is 72.7 cm³/mol. The van der Waals surface area contributed by atoms with Gasteiger partial charge in [-0.15, -0.1) is 0 Å². The maximum atomic E-state index is 12.2. The molecule has 6 nitrogen and oxygen atoms in total. The number of H-pyrrole nitrogens is 1. The number of nitrogens with zero attached hydrogens (tertiary/aromatic N) is 1. The third-order valence-electron chi connectivity index (χ3n) is 2.40. The summed E-state index contributed by atoms with van der Waals surface area (Å²) in [5, 5.41) is 6.20. The molecule has 0 bridgehead atoms. The zero-order valence-corrected chi connectivity index (χ0v) is 11.8. The van der Waals surface area contributed by atoms with Crippen LogP contribution in [0, 0.1) is 6.92 Å². The number of nitrogens with one attached hydrogen (secondary N) is 2. The minimum Gasteiger partial charge on any atom is -0.398 e. The molecule has 2 rings (SSSR count). The number of nitrogen functional groups attached to an aromatic ring is 1. The Morgan fingerprint density at radius 3 is 2.78 bits per heavy atom. The second kappa shape index (κ2) is 4.62. The highest BCUT2D eigenvalue weighted by Crippen LogP contribution is 2.27. The molecule has 0 unspecified atom stereocenters. The Balaban J connectivity index is 2.48. The summed E-state index contributed by atoms with van der Waals surface area (Å²) in [4.78, 5) is 0.135. The zero-order chi connectivity index (χ0) is 13.3. The summed E-state index contributed by atoms with van der Waals surface area (Å²) in [7, 11) is -3.68. The molecule has 4 N–H and O–H groups in total. The van der Waals surface area contributed by atoms with Crippen molar-refractivity contribution in [2.45, 2.75) is 11.8 Å². The summed E-state index contributed by atoms with van der Waals surface area (Å²) in [6, 6.07) is 3.17. The standard InChI is InChI=1S/C10H11BrN4O2S/c1-6-9(12)2-7(11)3-10(6)18(16,17)15-8-4-13-14-5-8/h2-5,15H,12H2,1H3,(H,13,14). The lowest BCUT2D eigenvalue weighted by atomic mass is 10.2. The van der Waals surface area contributed by atoms with Crippen molar-refractivity contribution >= 4 is 37.3 Å². The maximum Gasteiger partial charge on any atom is 0.262 e. The molecule has 2 aromatic rings. The van der Waals surface area contributed by atoms with E-state index < -0.39 is 10.0 Å². The van der Waals surface area contributed by atoms with Gasteiger partial charge in [0.15, 0.2) is 0 Å². The Hall–Kier alpha value is -1.54. The molecule has 0 aliphatic heterocycles. The van der Waals surface area contributed by atoms with Crippen LogP contribution >= 0.6 is 15.9 Å². The van der Waals surface area contributed by atoms with Gasteiger partial charge in [0.25, 0.3) is 10.0 Å². The number of aromatic amines is 1. The minimum absolute atomic E-state index is 0.135. The molecule has 96 valence electrons. The lowest BCUT2D eigenvalue weighted by Gasteiger charge is -2.11. The number of hydrogen-bond acceptors (Lipinski definition) is 4. The van der Waals surface area contributed by atoms with Crippen molar-refractivity contribution in [3.63, 3.8) is 0 Å². The van der Waals surface area contributed by atoms with Crippen molar-refractivity contribution in [1.29, 1.82) is 0 Å². The van der Waals surface area contributed by atoms with Crippen LogP contribution in [0.1, 0.15) is 5.56 Å². The summed E-state index contributed by atoms with van der Waals surface area (Å²) in [5.41, 5.74) is 7.04. The van der Waals surface area contributed by atoms with Crippen molar-refractivity contribution in [2.24, 2.45) is 0 Å². The Bertz CT molecular complexity index is 667. The van der Waals surface area contributed by atoms with Crippen LogP contribution in [0.15, 0.2) is 33.9 Å². The second-order valence-corrected chi connectivity index (χ2v) is 6.28. The zero-order valence-electron chi connectivity index (χ0n) is 9.44. The third-order valence-corrected chi connectivity index (χ3v) is 4.37. The van der Waals surface area contributed by atoms with Gasteiger partial charge in [0, 0.05) is 16.4 Å². The van der Waals surface area contributed by atoms with Gasteiger partial charge < -0.3 is 5.73 Å². The van der Waals surface area contributed by atoms with E-state index in [1.807, 2.05) is 0 Å². The largest absolute Gasteiger partial charge is 0.398 e. The quantitative estimate of drug-likeness (QED) is 0.747. The van der Waals surface area contributed by atoms with E-state index >= 15 is 0 Å². The summed E-state index contributed by atoms with van der Waals surface area (Å²) in [5.74, 6) is 0. The van der Waals surface area contributed by atoms with Gasteiger partial charge in [-0.1, -0.05) is 15.9 Å². The van der Waals surface area contributed by atoms with E-state index in [1.54, 1.807) is 13.0 Å². The van der Waals surface area contributed by atoms with Gasteiger partial charge in [0.1, 0.15) is 0 Å². The van der Waals surface area contributed by atoms with Gasteiger partial charge in [-0.3, -0.25) is 9.82 Å². The highest BCUT2D eigenvalue weighted by atomic mass is 79.9. The van der Waals surface area contributed by atoms with Gasteiger partial charge in [0.2, 0.25) is 0 Å². The van der Waals surface area contributed by atoms with E-state index in [0.29, 0.717) is 21.4 Å². The van der Waals surface area contributed by atoms with Gasteiger partial charge in [-0.2, -0.15) is 5.10 Å². The van der Waals surface area contributed by atoms with Crippen LogP contribution in [0.2, 0.25) is 0 Å². The van der Waals surface area contributed by atoms with E-state index in [9.17, 15) is 8.42 Å². The van der Waals surface area contributed by atoms with Gasteiger partial charge in [-0.25, -0.2) is 8.42 Å². The lowest BCUT2D eigenvalue weighted by molar-refractivity contribution is 0.600. The molecule has 0 aliphatic carbocycles. The number of anilines is 2. The molecule has 0 aliphatic rings. The Morgan fingerprint density at radius 1 is 1.44 bits per heavy atom. The topological polar surface area (TPSA) is 101 Å².